The number of carbonyl (C=O) groups excluding carboxylic acids is 3. The Bertz CT molecular complexity index is 1210. The van der Waals surface area contributed by atoms with Crippen LogP contribution in [0.5, 0.6) is 23.0 Å². The highest BCUT2D eigenvalue weighted by Crippen LogP contribution is 2.42. The molecule has 3 heterocycles. The first-order valence-corrected chi connectivity index (χ1v) is 10.4. The fourth-order valence-electron chi connectivity index (χ4n) is 3.88. The van der Waals surface area contributed by atoms with Crippen LogP contribution in [0.3, 0.4) is 0 Å². The van der Waals surface area contributed by atoms with E-state index in [1.807, 2.05) is 0 Å². The normalized spacial score (nSPS) is 22.3. The summed E-state index contributed by atoms with van der Waals surface area (Å²) in [5.74, 6) is -0.769. The number of halogens is 2. The zero-order valence-corrected chi connectivity index (χ0v) is 17.9. The van der Waals surface area contributed by atoms with E-state index in [1.165, 1.54) is 19.1 Å². The van der Waals surface area contributed by atoms with E-state index in [0.29, 0.717) is 36.7 Å². The number of ether oxygens (including phenoxy) is 4. The summed E-state index contributed by atoms with van der Waals surface area (Å²) < 4.78 is 46.3. The average Bonchev–Trinajstić information content (AvgIpc) is 3.07. The molecular weight excluding hydrogens is 456 g/mol. The maximum atomic E-state index is 13.2. The third-order valence-corrected chi connectivity index (χ3v) is 5.59. The van der Waals surface area contributed by atoms with Crippen molar-refractivity contribution in [2.24, 2.45) is 0 Å². The second-order valence-corrected chi connectivity index (χ2v) is 8.04. The number of hydrogen-bond acceptors (Lipinski definition) is 7. The molecule has 0 aromatic heterocycles. The number of anilines is 1. The quantitative estimate of drug-likeness (QED) is 0.653. The van der Waals surface area contributed by atoms with Crippen LogP contribution >= 0.6 is 0 Å². The van der Waals surface area contributed by atoms with Crippen LogP contribution in [0.1, 0.15) is 18.9 Å². The van der Waals surface area contributed by atoms with Gasteiger partial charge >= 0.3 is 12.3 Å². The molecule has 10 nitrogen and oxygen atoms in total. The van der Waals surface area contributed by atoms with Crippen molar-refractivity contribution < 1.29 is 42.1 Å². The van der Waals surface area contributed by atoms with E-state index in [0.717, 1.165) is 11.0 Å². The fraction of sp³-hybridized carbons (Fsp3) is 0.318. The number of amides is 4. The Kier molecular flexibility index (Phi) is 4.95. The molecule has 0 saturated carbocycles. The number of carbonyl (C=O) groups is 3. The molecule has 1 atom stereocenters. The summed E-state index contributed by atoms with van der Waals surface area (Å²) in [5, 5.41) is 5.07. The van der Waals surface area contributed by atoms with Crippen molar-refractivity contribution in [2.75, 3.05) is 25.1 Å². The number of fused-ring (bicyclic) bond motifs is 2. The lowest BCUT2D eigenvalue weighted by Gasteiger charge is -2.23. The SMILES string of the molecule is C[C@@]1(c2ccc3c(c2)OCCCO3)NC(=O)N(CC(=O)Nc2ccc3c(c2)OC(F)(F)O3)C1=O. The van der Waals surface area contributed by atoms with Crippen molar-refractivity contribution in [3.8, 4) is 23.0 Å². The lowest BCUT2D eigenvalue weighted by atomic mass is 9.91. The van der Waals surface area contributed by atoms with Gasteiger partial charge in [0.2, 0.25) is 5.91 Å². The zero-order valence-electron chi connectivity index (χ0n) is 17.9. The molecule has 0 spiro atoms. The molecule has 0 unspecified atom stereocenters. The maximum Gasteiger partial charge on any atom is 0.586 e. The zero-order chi connectivity index (χ0) is 24.1. The van der Waals surface area contributed by atoms with E-state index in [9.17, 15) is 23.2 Å². The fourth-order valence-corrected chi connectivity index (χ4v) is 3.88. The van der Waals surface area contributed by atoms with Crippen LogP contribution in [-0.4, -0.2) is 48.8 Å². The summed E-state index contributed by atoms with van der Waals surface area (Å²) in [7, 11) is 0. The van der Waals surface area contributed by atoms with E-state index in [-0.39, 0.29) is 17.2 Å². The minimum Gasteiger partial charge on any atom is -0.490 e. The lowest BCUT2D eigenvalue weighted by Crippen LogP contribution is -2.42. The molecule has 3 aliphatic rings. The van der Waals surface area contributed by atoms with Gasteiger partial charge in [-0.25, -0.2) is 4.79 Å². The molecule has 0 aliphatic carbocycles. The molecule has 2 aromatic rings. The van der Waals surface area contributed by atoms with Crippen molar-refractivity contribution in [1.82, 2.24) is 10.2 Å². The minimum atomic E-state index is -3.79. The third kappa shape index (κ3) is 3.80. The van der Waals surface area contributed by atoms with Crippen LogP contribution in [0.15, 0.2) is 36.4 Å². The molecule has 1 fully saturated rings. The van der Waals surface area contributed by atoms with Gasteiger partial charge in [0.15, 0.2) is 23.0 Å². The van der Waals surface area contributed by atoms with Crippen molar-refractivity contribution in [3.05, 3.63) is 42.0 Å². The molecule has 4 amide bonds. The predicted molar refractivity (Wildman–Crippen MR) is 111 cm³/mol. The van der Waals surface area contributed by atoms with E-state index in [4.69, 9.17) is 9.47 Å². The molecule has 0 radical (unpaired) electrons. The molecule has 3 aliphatic heterocycles. The van der Waals surface area contributed by atoms with Crippen LogP contribution in [0.4, 0.5) is 19.3 Å². The minimum absolute atomic E-state index is 0.128. The van der Waals surface area contributed by atoms with E-state index < -0.39 is 36.2 Å². The number of urea groups is 1. The number of nitrogens with one attached hydrogen (secondary N) is 2. The Morgan fingerprint density at radius 3 is 2.53 bits per heavy atom. The van der Waals surface area contributed by atoms with Crippen LogP contribution < -0.4 is 29.6 Å². The Hall–Kier alpha value is -4.09. The van der Waals surface area contributed by atoms with E-state index in [2.05, 4.69) is 20.1 Å². The number of alkyl halides is 2. The summed E-state index contributed by atoms with van der Waals surface area (Å²) in [4.78, 5) is 39.0. The molecule has 5 rings (SSSR count). The van der Waals surface area contributed by atoms with E-state index in [1.54, 1.807) is 18.2 Å². The van der Waals surface area contributed by atoms with Crippen LogP contribution in [0, 0.1) is 0 Å². The summed E-state index contributed by atoms with van der Waals surface area (Å²) in [5.41, 5.74) is -0.829. The van der Waals surface area contributed by atoms with Crippen LogP contribution in [-0.2, 0) is 15.1 Å². The van der Waals surface area contributed by atoms with Gasteiger partial charge in [0, 0.05) is 18.2 Å². The molecule has 34 heavy (non-hydrogen) atoms. The van der Waals surface area contributed by atoms with Gasteiger partial charge in [-0.15, -0.1) is 8.78 Å². The number of nitrogens with zero attached hydrogens (tertiary/aromatic N) is 1. The third-order valence-electron chi connectivity index (χ3n) is 5.59. The summed E-state index contributed by atoms with van der Waals surface area (Å²) in [6.07, 6.45) is -3.08. The van der Waals surface area contributed by atoms with Crippen molar-refractivity contribution in [2.45, 2.75) is 25.2 Å². The molecular formula is C22H19F2N3O7. The maximum absolute atomic E-state index is 13.2. The van der Waals surface area contributed by atoms with Gasteiger partial charge < -0.3 is 29.6 Å². The number of rotatable bonds is 4. The summed E-state index contributed by atoms with van der Waals surface area (Å²) >= 11 is 0. The van der Waals surface area contributed by atoms with E-state index >= 15 is 0 Å². The second-order valence-electron chi connectivity index (χ2n) is 8.04. The molecule has 0 bridgehead atoms. The molecule has 2 N–H and O–H groups in total. The van der Waals surface area contributed by atoms with Gasteiger partial charge in [-0.1, -0.05) is 6.07 Å². The lowest BCUT2D eigenvalue weighted by molar-refractivity contribution is -0.286. The number of imide groups is 1. The molecule has 12 heteroatoms. The highest BCUT2D eigenvalue weighted by Gasteiger charge is 2.50. The Morgan fingerprint density at radius 2 is 1.74 bits per heavy atom. The molecule has 1 saturated heterocycles. The Balaban J connectivity index is 1.29. The highest BCUT2D eigenvalue weighted by atomic mass is 19.3. The molecule has 178 valence electrons. The van der Waals surface area contributed by atoms with Gasteiger partial charge in [-0.2, -0.15) is 0 Å². The first kappa shape index (κ1) is 21.7. The van der Waals surface area contributed by atoms with Gasteiger partial charge in [0.25, 0.3) is 5.91 Å². The summed E-state index contributed by atoms with van der Waals surface area (Å²) in [6.45, 7) is 1.91. The number of benzene rings is 2. The average molecular weight is 475 g/mol. The Labute approximate surface area is 191 Å². The predicted octanol–water partition coefficient (Wildman–Crippen LogP) is 2.58. The standard InChI is InChI=1S/C22H19F2N3O7/c1-21(12-3-5-14-16(9-12)32-8-2-7-31-14)19(29)27(20(30)26-21)11-18(28)25-13-4-6-15-17(10-13)34-22(23,24)33-15/h3-6,9-10H,2,7-8,11H2,1H3,(H,25,28)(H,26,30)/t21-/m0/s1. The van der Waals surface area contributed by atoms with Crippen LogP contribution in [0.25, 0.3) is 0 Å². The topological polar surface area (TPSA) is 115 Å². The van der Waals surface area contributed by atoms with Crippen molar-refractivity contribution >= 4 is 23.5 Å². The van der Waals surface area contributed by atoms with Gasteiger partial charge in [-0.05, 0) is 36.8 Å². The monoisotopic (exact) mass is 475 g/mol. The van der Waals surface area contributed by atoms with Gasteiger partial charge in [0.05, 0.1) is 13.2 Å². The molecule has 2 aromatic carbocycles. The summed E-state index contributed by atoms with van der Waals surface area (Å²) in [6, 6.07) is 7.89. The number of hydrogen-bond donors (Lipinski definition) is 2. The van der Waals surface area contributed by atoms with Crippen molar-refractivity contribution in [3.63, 3.8) is 0 Å². The Morgan fingerprint density at radius 1 is 1.03 bits per heavy atom. The van der Waals surface area contributed by atoms with Gasteiger partial charge in [-0.3, -0.25) is 14.5 Å². The van der Waals surface area contributed by atoms with Crippen molar-refractivity contribution in [1.29, 1.82) is 0 Å². The van der Waals surface area contributed by atoms with Gasteiger partial charge in [0.1, 0.15) is 12.1 Å². The second kappa shape index (κ2) is 7.75. The first-order chi connectivity index (χ1) is 16.1. The highest BCUT2D eigenvalue weighted by molar-refractivity contribution is 6.10. The smallest absolute Gasteiger partial charge is 0.490 e. The first-order valence-electron chi connectivity index (χ1n) is 10.4. The van der Waals surface area contributed by atoms with Crippen LogP contribution in [0.2, 0.25) is 0 Å². The largest absolute Gasteiger partial charge is 0.586 e.